The number of ether oxygens (including phenoxy) is 4. The van der Waals surface area contributed by atoms with Crippen LogP contribution in [-0.4, -0.2) is 84.5 Å². The van der Waals surface area contributed by atoms with Crippen molar-refractivity contribution in [2.45, 2.75) is 64.7 Å². The van der Waals surface area contributed by atoms with Crippen molar-refractivity contribution in [3.63, 3.8) is 0 Å². The summed E-state index contributed by atoms with van der Waals surface area (Å²) >= 11 is 0. The predicted octanol–water partition coefficient (Wildman–Crippen LogP) is 2.26. The van der Waals surface area contributed by atoms with E-state index in [0.717, 1.165) is 25.7 Å². The summed E-state index contributed by atoms with van der Waals surface area (Å²) in [4.78, 5) is 35.1. The van der Waals surface area contributed by atoms with Crippen molar-refractivity contribution < 1.29 is 33.3 Å². The Bertz CT molecular complexity index is 497. The molecular weight excluding hydrogens is 428 g/mol. The van der Waals surface area contributed by atoms with Crippen molar-refractivity contribution >= 4 is 17.6 Å². The Balaban J connectivity index is 3.48. The Hall–Kier alpha value is -1.55. The molecule has 194 valence electrons. The van der Waals surface area contributed by atoms with Crippen molar-refractivity contribution in [2.75, 3.05) is 67.0 Å². The lowest BCUT2D eigenvalue weighted by Crippen LogP contribution is -2.27. The molecule has 0 aliphatic rings. The molecular formula is C24H46N2O7. The van der Waals surface area contributed by atoms with Crippen LogP contribution in [0.4, 0.5) is 0 Å². The third kappa shape index (κ3) is 22.0. The molecule has 0 fully saturated rings. The highest BCUT2D eigenvalue weighted by Crippen LogP contribution is 2.09. The summed E-state index contributed by atoms with van der Waals surface area (Å²) in [6.07, 6.45) is 5.83. The van der Waals surface area contributed by atoms with Crippen LogP contribution in [0.15, 0.2) is 0 Å². The van der Waals surface area contributed by atoms with Gasteiger partial charge in [-0.25, -0.2) is 0 Å². The molecule has 0 aromatic carbocycles. The summed E-state index contributed by atoms with van der Waals surface area (Å²) in [7, 11) is 3.38. The van der Waals surface area contributed by atoms with Gasteiger partial charge in [0.2, 0.25) is 11.8 Å². The molecule has 33 heavy (non-hydrogen) atoms. The van der Waals surface area contributed by atoms with Crippen molar-refractivity contribution in [1.82, 2.24) is 10.6 Å². The Morgan fingerprint density at radius 3 is 2.00 bits per heavy atom. The van der Waals surface area contributed by atoms with Gasteiger partial charge in [0.25, 0.3) is 0 Å². The maximum Gasteiger partial charge on any atom is 0.220 e. The number of carbonyl (C=O) groups is 3. The minimum absolute atomic E-state index is 0.0460. The quantitative estimate of drug-likeness (QED) is 0.206. The molecule has 0 aliphatic heterocycles. The molecule has 0 aliphatic carbocycles. The van der Waals surface area contributed by atoms with E-state index in [0.29, 0.717) is 77.9 Å². The number of ketones is 1. The molecule has 0 radical (unpaired) electrons. The Labute approximate surface area is 199 Å². The van der Waals surface area contributed by atoms with E-state index < -0.39 is 0 Å². The van der Waals surface area contributed by atoms with E-state index in [1.54, 1.807) is 14.2 Å². The van der Waals surface area contributed by atoms with Crippen LogP contribution in [0.25, 0.3) is 0 Å². The minimum atomic E-state index is -0.0760. The number of nitrogens with one attached hydrogen (secondary N) is 2. The number of unbranched alkanes of at least 4 members (excludes halogenated alkanes) is 1. The largest absolute Gasteiger partial charge is 0.384 e. The SMILES string of the molecule is CCCC(=O)NCCOCCOCCCC(=O)CCC(=O)NCCCCC(COC)COC. The molecule has 0 spiro atoms. The first kappa shape index (κ1) is 31.4. The van der Waals surface area contributed by atoms with Gasteiger partial charge in [-0.3, -0.25) is 14.4 Å². The molecule has 0 heterocycles. The number of hydrogen-bond donors (Lipinski definition) is 2. The van der Waals surface area contributed by atoms with E-state index in [1.165, 1.54) is 0 Å². The van der Waals surface area contributed by atoms with Crippen LogP contribution in [0.1, 0.15) is 64.7 Å². The van der Waals surface area contributed by atoms with E-state index >= 15 is 0 Å². The van der Waals surface area contributed by atoms with E-state index in [1.807, 2.05) is 6.92 Å². The van der Waals surface area contributed by atoms with E-state index in [-0.39, 0.29) is 30.4 Å². The highest BCUT2D eigenvalue weighted by Gasteiger charge is 2.09. The predicted molar refractivity (Wildman–Crippen MR) is 127 cm³/mol. The van der Waals surface area contributed by atoms with Gasteiger partial charge in [0.1, 0.15) is 5.78 Å². The zero-order valence-corrected chi connectivity index (χ0v) is 21.0. The van der Waals surface area contributed by atoms with E-state index in [2.05, 4.69) is 10.6 Å². The Morgan fingerprint density at radius 1 is 0.697 bits per heavy atom. The zero-order chi connectivity index (χ0) is 24.6. The second-order valence-electron chi connectivity index (χ2n) is 8.09. The van der Waals surface area contributed by atoms with Gasteiger partial charge in [0.05, 0.1) is 33.0 Å². The summed E-state index contributed by atoms with van der Waals surface area (Å²) in [5.74, 6) is 0.432. The van der Waals surface area contributed by atoms with E-state index in [9.17, 15) is 14.4 Å². The van der Waals surface area contributed by atoms with Gasteiger partial charge < -0.3 is 29.6 Å². The average molecular weight is 475 g/mol. The molecule has 0 atom stereocenters. The lowest BCUT2D eigenvalue weighted by atomic mass is 10.0. The summed E-state index contributed by atoms with van der Waals surface area (Å²) in [5.41, 5.74) is 0. The number of methoxy groups -OCH3 is 2. The van der Waals surface area contributed by atoms with Crippen LogP contribution in [-0.2, 0) is 33.3 Å². The second-order valence-corrected chi connectivity index (χ2v) is 8.09. The highest BCUT2D eigenvalue weighted by atomic mass is 16.5. The third-order valence-corrected chi connectivity index (χ3v) is 4.96. The maximum absolute atomic E-state index is 11.9. The normalized spacial score (nSPS) is 11.0. The lowest BCUT2D eigenvalue weighted by Gasteiger charge is -2.14. The van der Waals surface area contributed by atoms with Crippen molar-refractivity contribution in [3.05, 3.63) is 0 Å². The average Bonchev–Trinajstić information content (AvgIpc) is 2.79. The minimum Gasteiger partial charge on any atom is -0.384 e. The van der Waals surface area contributed by atoms with Crippen LogP contribution in [0.2, 0.25) is 0 Å². The van der Waals surface area contributed by atoms with Crippen LogP contribution >= 0.6 is 0 Å². The molecule has 2 N–H and O–H groups in total. The third-order valence-electron chi connectivity index (χ3n) is 4.96. The first-order valence-electron chi connectivity index (χ1n) is 12.2. The van der Waals surface area contributed by atoms with Gasteiger partial charge in [-0.1, -0.05) is 13.3 Å². The lowest BCUT2D eigenvalue weighted by molar-refractivity contribution is -0.125. The molecule has 9 nitrogen and oxygen atoms in total. The van der Waals surface area contributed by atoms with Crippen LogP contribution < -0.4 is 10.6 Å². The topological polar surface area (TPSA) is 112 Å². The highest BCUT2D eigenvalue weighted by molar-refractivity contribution is 5.84. The van der Waals surface area contributed by atoms with Crippen molar-refractivity contribution in [1.29, 1.82) is 0 Å². The fourth-order valence-corrected chi connectivity index (χ4v) is 3.21. The summed E-state index contributed by atoms with van der Waals surface area (Å²) < 4.78 is 21.2. The van der Waals surface area contributed by atoms with Gasteiger partial charge in [-0.15, -0.1) is 0 Å². The summed E-state index contributed by atoms with van der Waals surface area (Å²) in [6, 6.07) is 0. The summed E-state index contributed by atoms with van der Waals surface area (Å²) in [5, 5.41) is 5.65. The molecule has 0 rings (SSSR count). The van der Waals surface area contributed by atoms with Crippen molar-refractivity contribution in [2.24, 2.45) is 5.92 Å². The number of amides is 2. The maximum atomic E-state index is 11.9. The van der Waals surface area contributed by atoms with Gasteiger partial charge >= 0.3 is 0 Å². The molecule has 0 bridgehead atoms. The first-order valence-corrected chi connectivity index (χ1v) is 12.2. The van der Waals surface area contributed by atoms with Gasteiger partial charge in [0, 0.05) is 65.5 Å². The molecule has 2 amide bonds. The molecule has 0 unspecified atom stereocenters. The van der Waals surface area contributed by atoms with Crippen LogP contribution in [0.3, 0.4) is 0 Å². The fourth-order valence-electron chi connectivity index (χ4n) is 3.21. The number of Topliss-reactive ketones (excluding diaryl/α,β-unsaturated/α-hetero) is 1. The van der Waals surface area contributed by atoms with E-state index in [4.69, 9.17) is 18.9 Å². The van der Waals surface area contributed by atoms with Gasteiger partial charge in [-0.2, -0.15) is 0 Å². The molecule has 0 saturated carbocycles. The number of hydrogen-bond acceptors (Lipinski definition) is 7. The standard InChI is InChI=1S/C24H46N2O7/c1-4-8-23(28)26-14-16-33-18-17-32-15-7-10-22(27)11-12-24(29)25-13-6-5-9-21(19-30-2)20-31-3/h21H,4-20H2,1-3H3,(H,25,29)(H,26,28). The Kier molecular flexibility index (Phi) is 22.5. The van der Waals surface area contributed by atoms with Crippen LogP contribution in [0, 0.1) is 5.92 Å². The Morgan fingerprint density at radius 2 is 1.33 bits per heavy atom. The second kappa shape index (κ2) is 23.6. The van der Waals surface area contributed by atoms with Crippen molar-refractivity contribution in [3.8, 4) is 0 Å². The van der Waals surface area contributed by atoms with Crippen LogP contribution in [0.5, 0.6) is 0 Å². The molecule has 0 saturated heterocycles. The molecule has 9 heteroatoms. The van der Waals surface area contributed by atoms with Gasteiger partial charge in [0.15, 0.2) is 0 Å². The fraction of sp³-hybridized carbons (Fsp3) is 0.875. The zero-order valence-electron chi connectivity index (χ0n) is 21.0. The molecule has 0 aromatic heterocycles. The summed E-state index contributed by atoms with van der Waals surface area (Å²) in [6.45, 7) is 6.32. The number of carbonyl (C=O) groups excluding carboxylic acids is 3. The van der Waals surface area contributed by atoms with Gasteiger partial charge in [-0.05, 0) is 25.7 Å². The number of rotatable bonds is 24. The smallest absolute Gasteiger partial charge is 0.220 e. The monoisotopic (exact) mass is 474 g/mol. The molecule has 0 aromatic rings. The first-order chi connectivity index (χ1) is 16.0.